The van der Waals surface area contributed by atoms with E-state index in [4.69, 9.17) is 0 Å². The van der Waals surface area contributed by atoms with Gasteiger partial charge in [-0.1, -0.05) is 25.3 Å². The van der Waals surface area contributed by atoms with Crippen LogP contribution in [0.3, 0.4) is 0 Å². The van der Waals surface area contributed by atoms with Crippen LogP contribution in [0.15, 0.2) is 29.2 Å². The van der Waals surface area contributed by atoms with Gasteiger partial charge in [0.05, 0.1) is 10.5 Å². The van der Waals surface area contributed by atoms with Crippen molar-refractivity contribution < 1.29 is 26.4 Å². The third-order valence-corrected chi connectivity index (χ3v) is 8.13. The quantitative estimate of drug-likeness (QED) is 0.683. The second-order valence-electron chi connectivity index (χ2n) is 8.43. The Hall–Kier alpha value is -1.61. The maximum absolute atomic E-state index is 12.9. The van der Waals surface area contributed by atoms with Crippen LogP contribution >= 0.6 is 0 Å². The number of sulfonamides is 1. The Morgan fingerprint density at radius 1 is 1.10 bits per heavy atom. The summed E-state index contributed by atoms with van der Waals surface area (Å²) in [6.07, 6.45) is 2.12. The summed E-state index contributed by atoms with van der Waals surface area (Å²) in [7, 11) is -2.22. The molecule has 0 spiro atoms. The number of rotatable bonds is 5. The predicted octanol–water partition coefficient (Wildman–Crippen LogP) is 4.14. The van der Waals surface area contributed by atoms with Gasteiger partial charge >= 0.3 is 6.18 Å². The van der Waals surface area contributed by atoms with Gasteiger partial charge in [0, 0.05) is 32.6 Å². The van der Waals surface area contributed by atoms with Gasteiger partial charge in [0.1, 0.15) is 0 Å². The smallest absolute Gasteiger partial charge is 0.345 e. The fourth-order valence-corrected chi connectivity index (χ4v) is 6.00. The fourth-order valence-electron chi connectivity index (χ4n) is 4.48. The molecular weight excluding hydrogens is 417 g/mol. The van der Waals surface area contributed by atoms with Crippen molar-refractivity contribution in [1.29, 1.82) is 0 Å². The van der Waals surface area contributed by atoms with E-state index in [2.05, 4.69) is 0 Å². The molecular formula is C21H29F3N2O3S. The molecule has 1 aromatic carbocycles. The van der Waals surface area contributed by atoms with Crippen molar-refractivity contribution in [3.8, 4) is 0 Å². The second kappa shape index (κ2) is 9.26. The molecule has 0 N–H and O–H groups in total. The lowest BCUT2D eigenvalue weighted by Gasteiger charge is -2.34. The number of amides is 1. The molecule has 0 unspecified atom stereocenters. The van der Waals surface area contributed by atoms with Crippen LogP contribution in [0, 0.1) is 11.8 Å². The molecule has 0 atom stereocenters. The van der Waals surface area contributed by atoms with Crippen molar-refractivity contribution >= 4 is 15.9 Å². The van der Waals surface area contributed by atoms with Crippen LogP contribution in [0.4, 0.5) is 13.2 Å². The van der Waals surface area contributed by atoms with E-state index in [1.54, 1.807) is 4.90 Å². The number of alkyl halides is 3. The molecule has 1 saturated heterocycles. The van der Waals surface area contributed by atoms with Crippen LogP contribution in [-0.4, -0.2) is 50.2 Å². The monoisotopic (exact) mass is 446 g/mol. The Morgan fingerprint density at radius 3 is 2.33 bits per heavy atom. The molecule has 1 saturated carbocycles. The van der Waals surface area contributed by atoms with Crippen molar-refractivity contribution in [1.82, 2.24) is 9.21 Å². The Kier molecular flexibility index (Phi) is 7.12. The highest BCUT2D eigenvalue weighted by Gasteiger charge is 2.36. The van der Waals surface area contributed by atoms with E-state index >= 15 is 0 Å². The number of hydrogen-bond acceptors (Lipinski definition) is 3. The summed E-state index contributed by atoms with van der Waals surface area (Å²) in [5.74, 6) is 0.331. The van der Waals surface area contributed by atoms with Crippen molar-refractivity contribution in [2.24, 2.45) is 11.8 Å². The van der Waals surface area contributed by atoms with Crippen molar-refractivity contribution in [3.05, 3.63) is 29.8 Å². The number of nitrogens with zero attached hydrogens (tertiary/aromatic N) is 2. The van der Waals surface area contributed by atoms with Gasteiger partial charge in [-0.15, -0.1) is 0 Å². The number of hydrogen-bond donors (Lipinski definition) is 0. The minimum Gasteiger partial charge on any atom is -0.345 e. The third-order valence-electron chi connectivity index (χ3n) is 6.24. The van der Waals surface area contributed by atoms with E-state index in [1.165, 1.54) is 29.6 Å². The number of carbonyl (C=O) groups excluding carboxylic acids is 1. The molecule has 5 nitrogen and oxygen atoms in total. The average molecular weight is 447 g/mol. The Balaban J connectivity index is 1.59. The number of benzene rings is 1. The summed E-state index contributed by atoms with van der Waals surface area (Å²) in [4.78, 5) is 14.2. The number of carbonyl (C=O) groups is 1. The van der Waals surface area contributed by atoms with Crippen LogP contribution in [0.2, 0.25) is 0 Å². The predicted molar refractivity (Wildman–Crippen MR) is 107 cm³/mol. The molecule has 0 bridgehead atoms. The summed E-state index contributed by atoms with van der Waals surface area (Å²) in [6, 6.07) is 3.81. The van der Waals surface area contributed by atoms with E-state index in [1.807, 2.05) is 7.05 Å². The third kappa shape index (κ3) is 5.35. The Labute approximate surface area is 176 Å². The minimum atomic E-state index is -4.60. The van der Waals surface area contributed by atoms with E-state index in [-0.39, 0.29) is 29.8 Å². The normalized spacial score (nSPS) is 20.3. The second-order valence-corrected chi connectivity index (χ2v) is 10.4. The topological polar surface area (TPSA) is 57.7 Å². The van der Waals surface area contributed by atoms with Gasteiger partial charge in [0.2, 0.25) is 15.9 Å². The van der Waals surface area contributed by atoms with E-state index in [0.717, 1.165) is 31.5 Å². The summed E-state index contributed by atoms with van der Waals surface area (Å²) < 4.78 is 65.6. The van der Waals surface area contributed by atoms with Crippen LogP contribution in [0.25, 0.3) is 0 Å². The summed E-state index contributed by atoms with van der Waals surface area (Å²) in [5, 5.41) is 0. The van der Waals surface area contributed by atoms with Gasteiger partial charge in [-0.05, 0) is 49.8 Å². The highest BCUT2D eigenvalue weighted by atomic mass is 32.2. The summed E-state index contributed by atoms with van der Waals surface area (Å²) in [5.41, 5.74) is -0.988. The van der Waals surface area contributed by atoms with Gasteiger partial charge in [-0.25, -0.2) is 8.42 Å². The molecule has 30 heavy (non-hydrogen) atoms. The van der Waals surface area contributed by atoms with E-state index in [9.17, 15) is 26.4 Å². The van der Waals surface area contributed by atoms with Crippen LogP contribution in [0.1, 0.15) is 50.5 Å². The van der Waals surface area contributed by atoms with Gasteiger partial charge < -0.3 is 4.90 Å². The SMILES string of the molecule is CN(CC1CCCCC1)C(=O)C1CCN(S(=O)(=O)c2cccc(C(F)(F)F)c2)CC1. The van der Waals surface area contributed by atoms with Crippen molar-refractivity contribution in [2.45, 2.75) is 56.0 Å². The zero-order valence-corrected chi connectivity index (χ0v) is 18.0. The standard InChI is InChI=1S/C21H29F3N2O3S/c1-25(15-16-6-3-2-4-7-16)20(27)17-10-12-26(13-11-17)30(28,29)19-9-5-8-18(14-19)21(22,23)24/h5,8-9,14,16-17H,2-4,6-7,10-13,15H2,1H3. The molecule has 3 rings (SSSR count). The van der Waals surface area contributed by atoms with Gasteiger partial charge in [0.15, 0.2) is 0 Å². The molecule has 0 aromatic heterocycles. The van der Waals surface area contributed by atoms with Crippen LogP contribution in [-0.2, 0) is 21.0 Å². The van der Waals surface area contributed by atoms with Crippen molar-refractivity contribution in [3.63, 3.8) is 0 Å². The van der Waals surface area contributed by atoms with Gasteiger partial charge in [-0.3, -0.25) is 4.79 Å². The molecule has 1 amide bonds. The van der Waals surface area contributed by atoms with Crippen molar-refractivity contribution in [2.75, 3.05) is 26.7 Å². The maximum atomic E-state index is 12.9. The molecule has 2 fully saturated rings. The number of piperidine rings is 1. The molecule has 168 valence electrons. The molecule has 1 aliphatic heterocycles. The zero-order valence-electron chi connectivity index (χ0n) is 17.2. The molecule has 9 heteroatoms. The summed E-state index contributed by atoms with van der Waals surface area (Å²) in [6.45, 7) is 1.00. The molecule has 2 aliphatic rings. The van der Waals surface area contributed by atoms with E-state index in [0.29, 0.717) is 24.8 Å². The van der Waals surface area contributed by atoms with Gasteiger partial charge in [0.25, 0.3) is 0 Å². The Morgan fingerprint density at radius 2 is 1.73 bits per heavy atom. The summed E-state index contributed by atoms with van der Waals surface area (Å²) >= 11 is 0. The molecule has 1 heterocycles. The average Bonchev–Trinajstić information content (AvgIpc) is 2.73. The minimum absolute atomic E-state index is 0.0386. The molecule has 1 aliphatic carbocycles. The first kappa shape index (κ1) is 23.1. The van der Waals surface area contributed by atoms with E-state index < -0.39 is 21.8 Å². The van der Waals surface area contributed by atoms with Crippen LogP contribution in [0.5, 0.6) is 0 Å². The first-order valence-corrected chi connectivity index (χ1v) is 12.0. The van der Waals surface area contributed by atoms with Gasteiger partial charge in [-0.2, -0.15) is 17.5 Å². The molecule has 1 aromatic rings. The highest BCUT2D eigenvalue weighted by Crippen LogP contribution is 2.32. The lowest BCUT2D eigenvalue weighted by Crippen LogP contribution is -2.44. The molecule has 0 radical (unpaired) electrons. The largest absolute Gasteiger partial charge is 0.416 e. The maximum Gasteiger partial charge on any atom is 0.416 e. The first-order valence-electron chi connectivity index (χ1n) is 10.5. The zero-order chi connectivity index (χ0) is 21.9. The Bertz CT molecular complexity index is 843. The number of halogens is 3. The highest BCUT2D eigenvalue weighted by molar-refractivity contribution is 7.89. The fraction of sp³-hybridized carbons (Fsp3) is 0.667. The lowest BCUT2D eigenvalue weighted by molar-refractivity contribution is -0.138. The van der Waals surface area contributed by atoms with Crippen LogP contribution < -0.4 is 0 Å². The first-order chi connectivity index (χ1) is 14.1. The lowest BCUT2D eigenvalue weighted by atomic mass is 9.88.